The van der Waals surface area contributed by atoms with Gasteiger partial charge in [-0.2, -0.15) is 0 Å². The molecule has 0 radical (unpaired) electrons. The zero-order chi connectivity index (χ0) is 22.6. The van der Waals surface area contributed by atoms with Gasteiger partial charge in [-0.25, -0.2) is 0 Å². The lowest BCUT2D eigenvalue weighted by Gasteiger charge is -2.33. The first kappa shape index (κ1) is 22.6. The number of ether oxygens (including phenoxy) is 1. The van der Waals surface area contributed by atoms with Gasteiger partial charge in [0, 0.05) is 18.8 Å². The van der Waals surface area contributed by atoms with E-state index in [9.17, 15) is 22.8 Å². The molecule has 0 aromatic heterocycles. The maximum atomic E-state index is 12.9. The highest BCUT2D eigenvalue weighted by atomic mass is 19.4. The number of carbonyl (C=O) groups is 2. The average Bonchev–Trinajstić information content (AvgIpc) is 2.72. The molecular weight excluding hydrogens is 411 g/mol. The Morgan fingerprint density at radius 3 is 2.42 bits per heavy atom. The van der Waals surface area contributed by atoms with E-state index in [2.05, 4.69) is 16.1 Å². The fourth-order valence-electron chi connectivity index (χ4n) is 3.44. The van der Waals surface area contributed by atoms with Gasteiger partial charge in [-0.15, -0.1) is 13.2 Å². The molecular formula is C22H24F3N3O3. The van der Waals surface area contributed by atoms with Crippen LogP contribution in [0.4, 0.5) is 18.9 Å². The third-order valence-corrected chi connectivity index (χ3v) is 5.23. The van der Waals surface area contributed by atoms with E-state index < -0.39 is 12.4 Å². The summed E-state index contributed by atoms with van der Waals surface area (Å²) >= 11 is 0. The molecule has 2 aromatic rings. The molecule has 1 aliphatic heterocycles. The van der Waals surface area contributed by atoms with Crippen LogP contribution >= 0.6 is 0 Å². The minimum Gasteiger partial charge on any atom is -0.406 e. The van der Waals surface area contributed by atoms with Crippen LogP contribution in [-0.2, 0) is 22.6 Å². The van der Waals surface area contributed by atoms with Crippen molar-refractivity contribution < 1.29 is 27.5 Å². The van der Waals surface area contributed by atoms with Gasteiger partial charge in [0.1, 0.15) is 5.75 Å². The number of rotatable bonds is 6. The summed E-state index contributed by atoms with van der Waals surface area (Å²) in [6.45, 7) is 2.88. The molecule has 6 nitrogen and oxygen atoms in total. The van der Waals surface area contributed by atoms with Crippen LogP contribution < -0.4 is 10.1 Å². The molecule has 0 bridgehead atoms. The van der Waals surface area contributed by atoms with Crippen LogP contribution in [0, 0.1) is 0 Å². The van der Waals surface area contributed by atoms with Crippen molar-refractivity contribution in [2.24, 2.45) is 0 Å². The number of fused-ring (bicyclic) bond motifs is 1. The highest BCUT2D eigenvalue weighted by molar-refractivity contribution is 5.93. The van der Waals surface area contributed by atoms with Crippen molar-refractivity contribution in [3.05, 3.63) is 59.7 Å². The summed E-state index contributed by atoms with van der Waals surface area (Å²) in [6.07, 6.45) is -3.97. The standard InChI is InChI=1S/C22H24F3N3O3/c1-15(21(30)28-12-11-16-5-3-4-6-17(16)13-28)27(2)14-20(29)26-18-7-9-19(10-8-18)31-22(23,24)25/h3-10,15H,11-14H2,1-2H3,(H,26,29)/t15-/m1/s1. The molecule has 31 heavy (non-hydrogen) atoms. The molecule has 2 amide bonds. The fraction of sp³-hybridized carbons (Fsp3) is 0.364. The Labute approximate surface area is 178 Å². The minimum atomic E-state index is -4.77. The summed E-state index contributed by atoms with van der Waals surface area (Å²) in [5.41, 5.74) is 2.71. The molecule has 1 atom stereocenters. The van der Waals surface area contributed by atoms with E-state index in [4.69, 9.17) is 0 Å². The van der Waals surface area contributed by atoms with Crippen molar-refractivity contribution in [3.8, 4) is 5.75 Å². The first-order valence-corrected chi connectivity index (χ1v) is 9.84. The van der Waals surface area contributed by atoms with Gasteiger partial charge in [0.2, 0.25) is 11.8 Å². The maximum Gasteiger partial charge on any atom is 0.573 e. The Morgan fingerprint density at radius 1 is 1.13 bits per heavy atom. The summed E-state index contributed by atoms with van der Waals surface area (Å²) in [6, 6.07) is 12.4. The van der Waals surface area contributed by atoms with E-state index in [0.29, 0.717) is 18.8 Å². The highest BCUT2D eigenvalue weighted by Crippen LogP contribution is 2.24. The highest BCUT2D eigenvalue weighted by Gasteiger charge is 2.31. The Hall–Kier alpha value is -3.07. The smallest absolute Gasteiger partial charge is 0.406 e. The number of nitrogens with one attached hydrogen (secondary N) is 1. The van der Waals surface area contributed by atoms with Crippen LogP contribution in [-0.4, -0.2) is 54.2 Å². The van der Waals surface area contributed by atoms with Gasteiger partial charge in [0.05, 0.1) is 12.6 Å². The van der Waals surface area contributed by atoms with Crippen molar-refractivity contribution >= 4 is 17.5 Å². The van der Waals surface area contributed by atoms with Gasteiger partial charge >= 0.3 is 6.36 Å². The number of likely N-dealkylation sites (N-methyl/N-ethyl adjacent to an activating group) is 1. The monoisotopic (exact) mass is 435 g/mol. The SMILES string of the molecule is C[C@H](C(=O)N1CCc2ccccc2C1)N(C)CC(=O)Nc1ccc(OC(F)(F)F)cc1. The summed E-state index contributed by atoms with van der Waals surface area (Å²) in [4.78, 5) is 28.6. The molecule has 0 spiro atoms. The summed E-state index contributed by atoms with van der Waals surface area (Å²) in [5, 5.41) is 2.61. The molecule has 0 saturated heterocycles. The maximum absolute atomic E-state index is 12.9. The van der Waals surface area contributed by atoms with Crippen LogP contribution in [0.2, 0.25) is 0 Å². The normalized spacial score (nSPS) is 14.7. The zero-order valence-corrected chi connectivity index (χ0v) is 17.3. The summed E-state index contributed by atoms with van der Waals surface area (Å²) in [7, 11) is 1.68. The molecule has 0 aliphatic carbocycles. The van der Waals surface area contributed by atoms with Crippen molar-refractivity contribution in [1.29, 1.82) is 0 Å². The molecule has 0 unspecified atom stereocenters. The van der Waals surface area contributed by atoms with Crippen LogP contribution in [0.1, 0.15) is 18.1 Å². The molecule has 166 valence electrons. The van der Waals surface area contributed by atoms with Gasteiger partial charge < -0.3 is 15.0 Å². The number of alkyl halides is 3. The summed E-state index contributed by atoms with van der Waals surface area (Å²) < 4.78 is 40.4. The van der Waals surface area contributed by atoms with Crippen molar-refractivity contribution in [2.75, 3.05) is 25.5 Å². The molecule has 3 rings (SSSR count). The molecule has 1 aliphatic rings. The lowest BCUT2D eigenvalue weighted by Crippen LogP contribution is -2.49. The Kier molecular flexibility index (Phi) is 6.84. The predicted octanol–water partition coefficient (Wildman–Crippen LogP) is 3.43. The van der Waals surface area contributed by atoms with Crippen molar-refractivity contribution in [2.45, 2.75) is 32.3 Å². The molecule has 2 aromatic carbocycles. The Bertz CT molecular complexity index is 932. The number of hydrogen-bond acceptors (Lipinski definition) is 4. The molecule has 0 saturated carbocycles. The number of carbonyl (C=O) groups excluding carboxylic acids is 2. The number of halogens is 3. The van der Waals surface area contributed by atoms with E-state index in [1.807, 2.05) is 18.2 Å². The number of nitrogens with zero attached hydrogens (tertiary/aromatic N) is 2. The molecule has 1 heterocycles. The van der Waals surface area contributed by atoms with Gasteiger partial charge in [-0.05, 0) is 55.8 Å². The average molecular weight is 435 g/mol. The van der Waals surface area contributed by atoms with Crippen molar-refractivity contribution in [3.63, 3.8) is 0 Å². The van der Waals surface area contributed by atoms with Gasteiger partial charge in [0.25, 0.3) is 0 Å². The van der Waals surface area contributed by atoms with Gasteiger partial charge in [0.15, 0.2) is 0 Å². The molecule has 9 heteroatoms. The van der Waals surface area contributed by atoms with Crippen molar-refractivity contribution in [1.82, 2.24) is 9.80 Å². The summed E-state index contributed by atoms with van der Waals surface area (Å²) in [5.74, 6) is -0.806. The number of anilines is 1. The third kappa shape index (κ3) is 6.21. The van der Waals surface area contributed by atoms with E-state index in [1.54, 1.807) is 23.8 Å². The second kappa shape index (κ2) is 9.38. The fourth-order valence-corrected chi connectivity index (χ4v) is 3.44. The number of amides is 2. The molecule has 1 N–H and O–H groups in total. The number of hydrogen-bond donors (Lipinski definition) is 1. The predicted molar refractivity (Wildman–Crippen MR) is 109 cm³/mol. The quantitative estimate of drug-likeness (QED) is 0.755. The van der Waals surface area contributed by atoms with Crippen LogP contribution in [0.3, 0.4) is 0 Å². The minimum absolute atomic E-state index is 0.0435. The van der Waals surface area contributed by atoms with Gasteiger partial charge in [-0.1, -0.05) is 24.3 Å². The van der Waals surface area contributed by atoms with Crippen LogP contribution in [0.15, 0.2) is 48.5 Å². The largest absolute Gasteiger partial charge is 0.573 e. The third-order valence-electron chi connectivity index (χ3n) is 5.23. The van der Waals surface area contributed by atoms with E-state index >= 15 is 0 Å². The number of benzene rings is 2. The van der Waals surface area contributed by atoms with E-state index in [-0.39, 0.29) is 24.1 Å². The second-order valence-corrected chi connectivity index (χ2v) is 7.49. The lowest BCUT2D eigenvalue weighted by molar-refractivity contribution is -0.274. The van der Waals surface area contributed by atoms with E-state index in [0.717, 1.165) is 24.1 Å². The van der Waals surface area contributed by atoms with E-state index in [1.165, 1.54) is 17.7 Å². The van der Waals surface area contributed by atoms with Crippen LogP contribution in [0.25, 0.3) is 0 Å². The zero-order valence-electron chi connectivity index (χ0n) is 17.3. The first-order valence-electron chi connectivity index (χ1n) is 9.84. The van der Waals surface area contributed by atoms with Crippen LogP contribution in [0.5, 0.6) is 5.75 Å². The lowest BCUT2D eigenvalue weighted by atomic mass is 9.99. The molecule has 0 fully saturated rings. The first-order chi connectivity index (χ1) is 14.6. The second-order valence-electron chi connectivity index (χ2n) is 7.49. The Balaban J connectivity index is 1.51. The van der Waals surface area contributed by atoms with Gasteiger partial charge in [-0.3, -0.25) is 14.5 Å². The Morgan fingerprint density at radius 2 is 1.77 bits per heavy atom. The topological polar surface area (TPSA) is 61.9 Å².